The summed E-state index contributed by atoms with van der Waals surface area (Å²) in [7, 11) is 1.87. The van der Waals surface area contributed by atoms with Gasteiger partial charge in [-0.25, -0.2) is 0 Å². The molecule has 1 saturated heterocycles. The average molecular weight is 252 g/mol. The molecule has 17 heavy (non-hydrogen) atoms. The predicted molar refractivity (Wildman–Crippen MR) is 72.5 cm³/mol. The van der Waals surface area contributed by atoms with Crippen LogP contribution in [0.1, 0.15) is 26.7 Å². The molecule has 2 heterocycles. The van der Waals surface area contributed by atoms with Gasteiger partial charge in [0.15, 0.2) is 0 Å². The van der Waals surface area contributed by atoms with Gasteiger partial charge >= 0.3 is 0 Å². The van der Waals surface area contributed by atoms with Gasteiger partial charge in [0.05, 0.1) is 11.7 Å². The summed E-state index contributed by atoms with van der Waals surface area (Å²) in [6.07, 6.45) is 1.99. The van der Waals surface area contributed by atoms with Crippen LogP contribution in [0.2, 0.25) is 0 Å². The largest absolute Gasteiger partial charge is 0.310 e. The first-order chi connectivity index (χ1) is 8.03. The fourth-order valence-corrected chi connectivity index (χ4v) is 2.97. The molecule has 0 radical (unpaired) electrons. The van der Waals surface area contributed by atoms with Crippen molar-refractivity contribution >= 4 is 22.9 Å². The summed E-state index contributed by atoms with van der Waals surface area (Å²) in [6, 6.07) is 1.98. The van der Waals surface area contributed by atoms with Gasteiger partial charge in [-0.15, -0.1) is 0 Å². The number of likely N-dealkylation sites (N-methyl/N-ethyl adjacent to an activating group) is 1. The van der Waals surface area contributed by atoms with E-state index in [2.05, 4.69) is 19.2 Å². The first-order valence-electron chi connectivity index (χ1n) is 6.04. The molecular weight excluding hydrogens is 232 g/mol. The maximum atomic E-state index is 12.4. The molecule has 1 fully saturated rings. The zero-order chi connectivity index (χ0) is 12.5. The highest BCUT2D eigenvalue weighted by atomic mass is 32.1. The van der Waals surface area contributed by atoms with Gasteiger partial charge in [-0.1, -0.05) is 13.8 Å². The number of hydrogen-bond donors (Lipinski definition) is 1. The van der Waals surface area contributed by atoms with E-state index in [1.807, 2.05) is 28.8 Å². The third-order valence-electron chi connectivity index (χ3n) is 3.43. The van der Waals surface area contributed by atoms with Crippen LogP contribution in [-0.4, -0.2) is 25.5 Å². The van der Waals surface area contributed by atoms with Crippen molar-refractivity contribution in [2.45, 2.75) is 32.7 Å². The maximum absolute atomic E-state index is 12.4. The number of hydrogen-bond acceptors (Lipinski definition) is 3. The van der Waals surface area contributed by atoms with Crippen LogP contribution in [0.25, 0.3) is 0 Å². The molecule has 0 bridgehead atoms. The van der Waals surface area contributed by atoms with Gasteiger partial charge in [-0.3, -0.25) is 4.79 Å². The predicted octanol–water partition coefficient (Wildman–Crippen LogP) is 2.49. The van der Waals surface area contributed by atoms with Crippen molar-refractivity contribution in [3.8, 4) is 0 Å². The number of nitrogens with zero attached hydrogens (tertiary/aromatic N) is 1. The summed E-state index contributed by atoms with van der Waals surface area (Å²) in [5, 5.41) is 7.21. The number of rotatable bonds is 2. The van der Waals surface area contributed by atoms with Crippen molar-refractivity contribution in [1.82, 2.24) is 5.32 Å². The van der Waals surface area contributed by atoms with Gasteiger partial charge in [0.2, 0.25) is 5.91 Å². The van der Waals surface area contributed by atoms with E-state index >= 15 is 0 Å². The number of amides is 1. The minimum Gasteiger partial charge on any atom is -0.310 e. The van der Waals surface area contributed by atoms with Crippen molar-refractivity contribution in [3.63, 3.8) is 0 Å². The standard InChI is InChI=1S/C13H20N2OS/c1-13(2)6-4-11(14-3)12(16)15(9-13)10-5-7-17-8-10/h5,7-8,11,14H,4,6,9H2,1-3H3. The minimum atomic E-state index is -0.0447. The second kappa shape index (κ2) is 4.78. The van der Waals surface area contributed by atoms with E-state index in [-0.39, 0.29) is 17.4 Å². The van der Waals surface area contributed by atoms with Crippen LogP contribution >= 0.6 is 11.3 Å². The fourth-order valence-electron chi connectivity index (χ4n) is 2.33. The molecule has 3 nitrogen and oxygen atoms in total. The lowest BCUT2D eigenvalue weighted by Crippen LogP contribution is -2.45. The van der Waals surface area contributed by atoms with Gasteiger partial charge < -0.3 is 10.2 Å². The number of anilines is 1. The van der Waals surface area contributed by atoms with Crippen molar-refractivity contribution in [2.75, 3.05) is 18.5 Å². The topological polar surface area (TPSA) is 32.3 Å². The van der Waals surface area contributed by atoms with E-state index in [0.29, 0.717) is 0 Å². The zero-order valence-corrected chi connectivity index (χ0v) is 11.5. The zero-order valence-electron chi connectivity index (χ0n) is 10.7. The Kier molecular flexibility index (Phi) is 3.54. The molecule has 4 heteroatoms. The molecule has 0 spiro atoms. The highest BCUT2D eigenvalue weighted by Gasteiger charge is 2.34. The summed E-state index contributed by atoms with van der Waals surface area (Å²) in [5.74, 6) is 0.205. The molecular formula is C13H20N2OS. The van der Waals surface area contributed by atoms with E-state index < -0.39 is 0 Å². The lowest BCUT2D eigenvalue weighted by atomic mass is 9.87. The van der Waals surface area contributed by atoms with Gasteiger partial charge in [0, 0.05) is 11.9 Å². The third-order valence-corrected chi connectivity index (χ3v) is 4.10. The van der Waals surface area contributed by atoms with Crippen LogP contribution in [0.3, 0.4) is 0 Å². The highest BCUT2D eigenvalue weighted by Crippen LogP contribution is 2.32. The van der Waals surface area contributed by atoms with Crippen LogP contribution in [0, 0.1) is 5.41 Å². The molecule has 1 amide bonds. The van der Waals surface area contributed by atoms with Crippen molar-refractivity contribution < 1.29 is 4.79 Å². The Balaban J connectivity index is 2.29. The van der Waals surface area contributed by atoms with E-state index in [1.165, 1.54) is 0 Å². The van der Waals surface area contributed by atoms with E-state index in [9.17, 15) is 4.79 Å². The van der Waals surface area contributed by atoms with Crippen molar-refractivity contribution in [3.05, 3.63) is 16.8 Å². The number of thiophene rings is 1. The van der Waals surface area contributed by atoms with Crippen LogP contribution in [0.4, 0.5) is 5.69 Å². The highest BCUT2D eigenvalue weighted by molar-refractivity contribution is 7.08. The number of carbonyl (C=O) groups excluding carboxylic acids is 1. The van der Waals surface area contributed by atoms with Gasteiger partial charge in [-0.2, -0.15) is 11.3 Å². The maximum Gasteiger partial charge on any atom is 0.244 e. The number of nitrogens with one attached hydrogen (secondary N) is 1. The van der Waals surface area contributed by atoms with Gasteiger partial charge in [0.1, 0.15) is 0 Å². The molecule has 1 aromatic rings. The van der Waals surface area contributed by atoms with Crippen molar-refractivity contribution in [2.24, 2.45) is 5.41 Å². The van der Waals surface area contributed by atoms with E-state index in [4.69, 9.17) is 0 Å². The van der Waals surface area contributed by atoms with E-state index in [1.54, 1.807) is 11.3 Å². The summed E-state index contributed by atoms with van der Waals surface area (Å²) >= 11 is 1.64. The molecule has 0 aromatic carbocycles. The van der Waals surface area contributed by atoms with Crippen LogP contribution in [0.15, 0.2) is 16.8 Å². The molecule has 0 aliphatic carbocycles. The third kappa shape index (κ3) is 2.69. The molecule has 94 valence electrons. The molecule has 1 atom stereocenters. The Hall–Kier alpha value is -0.870. The molecule has 0 saturated carbocycles. The smallest absolute Gasteiger partial charge is 0.244 e. The Morgan fingerprint density at radius 3 is 2.88 bits per heavy atom. The minimum absolute atomic E-state index is 0.0447. The molecule has 1 aromatic heterocycles. The lowest BCUT2D eigenvalue weighted by molar-refractivity contribution is -0.120. The van der Waals surface area contributed by atoms with Crippen LogP contribution in [0.5, 0.6) is 0 Å². The summed E-state index contributed by atoms with van der Waals surface area (Å²) < 4.78 is 0. The Morgan fingerprint density at radius 2 is 2.29 bits per heavy atom. The van der Waals surface area contributed by atoms with E-state index in [0.717, 1.165) is 25.1 Å². The fraction of sp³-hybridized carbons (Fsp3) is 0.615. The molecule has 1 N–H and O–H groups in total. The first kappa shape index (κ1) is 12.6. The second-order valence-electron chi connectivity index (χ2n) is 5.45. The quantitative estimate of drug-likeness (QED) is 0.877. The summed E-state index contributed by atoms with van der Waals surface area (Å²) in [6.45, 7) is 5.27. The second-order valence-corrected chi connectivity index (χ2v) is 6.23. The SMILES string of the molecule is CNC1CCC(C)(C)CN(c2ccsc2)C1=O. The molecule has 1 aliphatic rings. The van der Waals surface area contributed by atoms with Crippen LogP contribution < -0.4 is 10.2 Å². The summed E-state index contributed by atoms with van der Waals surface area (Å²) in [4.78, 5) is 14.4. The van der Waals surface area contributed by atoms with Gasteiger partial charge in [-0.05, 0) is 36.8 Å². The van der Waals surface area contributed by atoms with Gasteiger partial charge in [0.25, 0.3) is 0 Å². The Bertz CT molecular complexity index is 386. The average Bonchev–Trinajstić information content (AvgIpc) is 2.76. The lowest BCUT2D eigenvalue weighted by Gasteiger charge is -2.29. The first-order valence-corrected chi connectivity index (χ1v) is 6.99. The molecule has 1 aliphatic heterocycles. The Labute approximate surface area is 107 Å². The normalized spacial score (nSPS) is 24.8. The Morgan fingerprint density at radius 1 is 1.53 bits per heavy atom. The van der Waals surface area contributed by atoms with Crippen LogP contribution in [-0.2, 0) is 4.79 Å². The summed E-state index contributed by atoms with van der Waals surface area (Å²) in [5.41, 5.74) is 1.22. The monoisotopic (exact) mass is 252 g/mol. The molecule has 2 rings (SSSR count). The van der Waals surface area contributed by atoms with Crippen molar-refractivity contribution in [1.29, 1.82) is 0 Å². The number of carbonyl (C=O) groups is 1. The molecule has 1 unspecified atom stereocenters.